The second-order valence-electron chi connectivity index (χ2n) is 5.41. The van der Waals surface area contributed by atoms with Gasteiger partial charge in [-0.2, -0.15) is 0 Å². The molecule has 0 bridgehead atoms. The van der Waals surface area contributed by atoms with Gasteiger partial charge < -0.3 is 10.2 Å². The summed E-state index contributed by atoms with van der Waals surface area (Å²) in [6.07, 6.45) is 5.23. The minimum Gasteiger partial charge on any atom is -0.349 e. The maximum Gasteiger partial charge on any atom is 0.234 e. The average molecular weight is 312 g/mol. The molecule has 0 aliphatic carbocycles. The van der Waals surface area contributed by atoms with Crippen LogP contribution in [-0.2, 0) is 11.3 Å². The van der Waals surface area contributed by atoms with Gasteiger partial charge in [-0.05, 0) is 18.2 Å². The molecule has 0 radical (unpaired) electrons. The molecule has 1 aliphatic heterocycles. The van der Waals surface area contributed by atoms with Crippen molar-refractivity contribution in [2.24, 2.45) is 0 Å². The number of carbonyl (C=O) groups excluding carboxylic acids is 1. The lowest BCUT2D eigenvalue weighted by atomic mass is 10.3. The second kappa shape index (κ2) is 7.64. The number of amides is 1. The molecule has 1 N–H and O–H groups in total. The zero-order chi connectivity index (χ0) is 15.9. The third kappa shape index (κ3) is 4.46. The molecule has 2 aromatic rings. The number of piperazine rings is 1. The Bertz CT molecular complexity index is 613. The molecule has 3 rings (SSSR count). The first-order valence-corrected chi connectivity index (χ1v) is 7.72. The van der Waals surface area contributed by atoms with Gasteiger partial charge in [-0.1, -0.05) is 6.07 Å². The fraction of sp³-hybridized carbons (Fsp3) is 0.375. The maximum absolute atomic E-state index is 12.0. The summed E-state index contributed by atoms with van der Waals surface area (Å²) in [6, 6.07) is 7.49. The van der Waals surface area contributed by atoms with Crippen molar-refractivity contribution in [3.63, 3.8) is 0 Å². The van der Waals surface area contributed by atoms with E-state index in [2.05, 4.69) is 30.1 Å². The van der Waals surface area contributed by atoms with Crippen molar-refractivity contribution in [3.8, 4) is 0 Å². The van der Waals surface area contributed by atoms with E-state index in [9.17, 15) is 4.79 Å². The zero-order valence-electron chi connectivity index (χ0n) is 12.9. The Morgan fingerprint density at radius 1 is 1.00 bits per heavy atom. The third-order valence-corrected chi connectivity index (χ3v) is 3.77. The van der Waals surface area contributed by atoms with Crippen LogP contribution in [0.1, 0.15) is 5.69 Å². The van der Waals surface area contributed by atoms with E-state index in [1.807, 2.05) is 24.3 Å². The van der Waals surface area contributed by atoms with Crippen molar-refractivity contribution in [1.82, 2.24) is 25.2 Å². The summed E-state index contributed by atoms with van der Waals surface area (Å²) in [7, 11) is 0. The highest BCUT2D eigenvalue weighted by molar-refractivity contribution is 5.78. The molecule has 0 saturated carbocycles. The summed E-state index contributed by atoms with van der Waals surface area (Å²) in [5.74, 6) is 0.784. The normalized spacial score (nSPS) is 15.4. The summed E-state index contributed by atoms with van der Waals surface area (Å²) in [4.78, 5) is 29.0. The summed E-state index contributed by atoms with van der Waals surface area (Å²) >= 11 is 0. The number of nitrogens with one attached hydrogen (secondary N) is 1. The van der Waals surface area contributed by atoms with Crippen LogP contribution in [-0.4, -0.2) is 58.5 Å². The fourth-order valence-corrected chi connectivity index (χ4v) is 2.51. The lowest BCUT2D eigenvalue weighted by molar-refractivity contribution is -0.122. The van der Waals surface area contributed by atoms with Gasteiger partial charge in [0.05, 0.1) is 18.8 Å². The average Bonchev–Trinajstić information content (AvgIpc) is 2.62. The van der Waals surface area contributed by atoms with Crippen LogP contribution in [0, 0.1) is 0 Å². The summed E-state index contributed by atoms with van der Waals surface area (Å²) in [5.41, 5.74) is 0.867. The summed E-state index contributed by atoms with van der Waals surface area (Å²) in [5, 5.41) is 2.91. The number of hydrogen-bond acceptors (Lipinski definition) is 6. The van der Waals surface area contributed by atoms with E-state index in [0.29, 0.717) is 13.1 Å². The second-order valence-corrected chi connectivity index (χ2v) is 5.41. The quantitative estimate of drug-likeness (QED) is 0.856. The Morgan fingerprint density at radius 3 is 2.43 bits per heavy atom. The Hall–Kier alpha value is -2.54. The van der Waals surface area contributed by atoms with Gasteiger partial charge in [-0.25, -0.2) is 9.97 Å². The summed E-state index contributed by atoms with van der Waals surface area (Å²) in [6.45, 7) is 4.20. The van der Waals surface area contributed by atoms with Crippen molar-refractivity contribution in [3.05, 3.63) is 48.5 Å². The first-order valence-electron chi connectivity index (χ1n) is 7.72. The molecule has 1 fully saturated rings. The molecule has 7 nitrogen and oxygen atoms in total. The molecular weight excluding hydrogens is 292 g/mol. The molecular formula is C16H20N6O. The molecule has 2 aromatic heterocycles. The molecule has 1 saturated heterocycles. The molecule has 0 atom stereocenters. The topological polar surface area (TPSA) is 74.2 Å². The highest BCUT2D eigenvalue weighted by Gasteiger charge is 2.20. The molecule has 0 aromatic carbocycles. The van der Waals surface area contributed by atoms with Gasteiger partial charge in [0.2, 0.25) is 11.9 Å². The number of hydrogen-bond donors (Lipinski definition) is 1. The smallest absolute Gasteiger partial charge is 0.234 e. The van der Waals surface area contributed by atoms with Crippen LogP contribution in [0.3, 0.4) is 0 Å². The van der Waals surface area contributed by atoms with Crippen LogP contribution >= 0.6 is 0 Å². The molecule has 1 amide bonds. The van der Waals surface area contributed by atoms with E-state index >= 15 is 0 Å². The number of aromatic nitrogens is 3. The Balaban J connectivity index is 1.41. The predicted octanol–water partition coefficient (Wildman–Crippen LogP) is 0.310. The lowest BCUT2D eigenvalue weighted by Crippen LogP contribution is -2.49. The highest BCUT2D eigenvalue weighted by atomic mass is 16.2. The molecule has 120 valence electrons. The van der Waals surface area contributed by atoms with E-state index in [1.165, 1.54) is 0 Å². The van der Waals surface area contributed by atoms with Crippen molar-refractivity contribution >= 4 is 11.9 Å². The lowest BCUT2D eigenvalue weighted by Gasteiger charge is -2.34. The van der Waals surface area contributed by atoms with E-state index in [0.717, 1.165) is 37.8 Å². The number of anilines is 1. The predicted molar refractivity (Wildman–Crippen MR) is 86.8 cm³/mol. The van der Waals surface area contributed by atoms with Crippen LogP contribution in [0.2, 0.25) is 0 Å². The molecule has 0 spiro atoms. The van der Waals surface area contributed by atoms with Gasteiger partial charge in [-0.3, -0.25) is 14.7 Å². The molecule has 1 aliphatic rings. The fourth-order valence-electron chi connectivity index (χ4n) is 2.51. The monoisotopic (exact) mass is 312 g/mol. The molecule has 23 heavy (non-hydrogen) atoms. The van der Waals surface area contributed by atoms with Crippen molar-refractivity contribution < 1.29 is 4.79 Å². The largest absolute Gasteiger partial charge is 0.349 e. The highest BCUT2D eigenvalue weighted by Crippen LogP contribution is 2.09. The molecule has 3 heterocycles. The van der Waals surface area contributed by atoms with Crippen LogP contribution < -0.4 is 10.2 Å². The SMILES string of the molecule is O=C(CN1CCN(c2ncccn2)CC1)NCc1ccccn1. The zero-order valence-corrected chi connectivity index (χ0v) is 12.9. The minimum atomic E-state index is 0.0278. The van der Waals surface area contributed by atoms with E-state index in [4.69, 9.17) is 0 Å². The van der Waals surface area contributed by atoms with Crippen molar-refractivity contribution in [2.45, 2.75) is 6.54 Å². The van der Waals surface area contributed by atoms with Crippen molar-refractivity contribution in [2.75, 3.05) is 37.6 Å². The van der Waals surface area contributed by atoms with Crippen molar-refractivity contribution in [1.29, 1.82) is 0 Å². The van der Waals surface area contributed by atoms with Gasteiger partial charge in [0.1, 0.15) is 0 Å². The van der Waals surface area contributed by atoms with Gasteiger partial charge in [0, 0.05) is 44.8 Å². The third-order valence-electron chi connectivity index (χ3n) is 3.77. The van der Waals surface area contributed by atoms with Gasteiger partial charge >= 0.3 is 0 Å². The molecule has 0 unspecified atom stereocenters. The number of carbonyl (C=O) groups is 1. The Morgan fingerprint density at radius 2 is 1.74 bits per heavy atom. The van der Waals surface area contributed by atoms with Gasteiger partial charge in [-0.15, -0.1) is 0 Å². The van der Waals surface area contributed by atoms with E-state index in [-0.39, 0.29) is 5.91 Å². The first kappa shape index (κ1) is 15.4. The van der Waals surface area contributed by atoms with Crippen LogP contribution in [0.25, 0.3) is 0 Å². The summed E-state index contributed by atoms with van der Waals surface area (Å²) < 4.78 is 0. The van der Waals surface area contributed by atoms with Gasteiger partial charge in [0.15, 0.2) is 0 Å². The molecule has 7 heteroatoms. The van der Waals surface area contributed by atoms with Crippen LogP contribution in [0.4, 0.5) is 5.95 Å². The van der Waals surface area contributed by atoms with Gasteiger partial charge in [0.25, 0.3) is 0 Å². The first-order chi connectivity index (χ1) is 11.3. The van der Waals surface area contributed by atoms with E-state index < -0.39 is 0 Å². The maximum atomic E-state index is 12.0. The Kier molecular flexibility index (Phi) is 5.10. The number of nitrogens with zero attached hydrogens (tertiary/aromatic N) is 5. The number of pyridine rings is 1. The van der Waals surface area contributed by atoms with Crippen LogP contribution in [0.5, 0.6) is 0 Å². The minimum absolute atomic E-state index is 0.0278. The Labute approximate surface area is 135 Å². The van der Waals surface area contributed by atoms with Crippen LogP contribution in [0.15, 0.2) is 42.9 Å². The number of rotatable bonds is 5. The van der Waals surface area contributed by atoms with E-state index in [1.54, 1.807) is 18.6 Å². The standard InChI is InChI=1S/C16H20N6O/c23-15(20-12-14-4-1-2-5-17-14)13-21-8-10-22(11-9-21)16-18-6-3-7-19-16/h1-7H,8-13H2,(H,20,23).